The second-order valence-electron chi connectivity index (χ2n) is 7.97. The van der Waals surface area contributed by atoms with Crippen molar-refractivity contribution in [3.05, 3.63) is 89.5 Å². The zero-order valence-electron chi connectivity index (χ0n) is 18.3. The first-order valence-corrected chi connectivity index (χ1v) is 10.2. The predicted molar refractivity (Wildman–Crippen MR) is 120 cm³/mol. The van der Waals surface area contributed by atoms with Crippen LogP contribution in [0.4, 0.5) is 0 Å². The van der Waals surface area contributed by atoms with Crippen molar-refractivity contribution in [1.82, 2.24) is 0 Å². The van der Waals surface area contributed by atoms with Gasteiger partial charge in [-0.15, -0.1) is 0 Å². The normalized spacial score (nSPS) is 12.3. The minimum absolute atomic E-state index is 0.00775. The van der Waals surface area contributed by atoms with E-state index in [1.54, 1.807) is 55.6 Å². The van der Waals surface area contributed by atoms with Gasteiger partial charge in [0.15, 0.2) is 0 Å². The van der Waals surface area contributed by atoms with Gasteiger partial charge < -0.3 is 19.3 Å². The molecule has 0 aliphatic rings. The molecule has 1 atom stereocenters. The molecule has 1 N–H and O–H groups in total. The number of benzene rings is 3. The highest BCUT2D eigenvalue weighted by Gasteiger charge is 2.23. The Morgan fingerprint density at radius 2 is 1.39 bits per heavy atom. The third kappa shape index (κ3) is 5.64. The SMILES string of the molecule is COC(C)COc1ccc(C(=O)Oc2ccc(C(C)(C)c3ccc(O)cc3)cc2)cc1. The number of aromatic hydroxyl groups is 1. The van der Waals surface area contributed by atoms with Crippen molar-refractivity contribution in [2.75, 3.05) is 13.7 Å². The molecule has 0 aliphatic heterocycles. The Hall–Kier alpha value is -3.31. The summed E-state index contributed by atoms with van der Waals surface area (Å²) in [4.78, 5) is 12.5. The van der Waals surface area contributed by atoms with Crippen LogP contribution in [-0.2, 0) is 10.2 Å². The van der Waals surface area contributed by atoms with Crippen LogP contribution in [0.1, 0.15) is 42.3 Å². The quantitative estimate of drug-likeness (QED) is 0.393. The minimum Gasteiger partial charge on any atom is -0.508 e. The number of methoxy groups -OCH3 is 1. The molecule has 162 valence electrons. The first kappa shape index (κ1) is 22.4. The fourth-order valence-corrected chi connectivity index (χ4v) is 3.12. The summed E-state index contributed by atoms with van der Waals surface area (Å²) < 4.78 is 16.3. The summed E-state index contributed by atoms with van der Waals surface area (Å²) in [5.41, 5.74) is 2.34. The van der Waals surface area contributed by atoms with Gasteiger partial charge in [-0.3, -0.25) is 0 Å². The Morgan fingerprint density at radius 3 is 1.94 bits per heavy atom. The number of hydrogen-bond donors (Lipinski definition) is 1. The molecule has 0 aromatic heterocycles. The summed E-state index contributed by atoms with van der Waals surface area (Å²) in [6.07, 6.45) is -0.00775. The van der Waals surface area contributed by atoms with Crippen molar-refractivity contribution < 1.29 is 24.1 Å². The maximum Gasteiger partial charge on any atom is 0.343 e. The van der Waals surface area contributed by atoms with E-state index in [1.807, 2.05) is 31.2 Å². The highest BCUT2D eigenvalue weighted by atomic mass is 16.5. The van der Waals surface area contributed by atoms with Crippen molar-refractivity contribution in [3.8, 4) is 17.2 Å². The smallest absolute Gasteiger partial charge is 0.343 e. The van der Waals surface area contributed by atoms with E-state index in [1.165, 1.54) is 0 Å². The Bertz CT molecular complexity index is 989. The molecular weight excluding hydrogens is 392 g/mol. The van der Waals surface area contributed by atoms with Crippen LogP contribution in [-0.4, -0.2) is 30.9 Å². The summed E-state index contributed by atoms with van der Waals surface area (Å²) >= 11 is 0. The lowest BCUT2D eigenvalue weighted by Gasteiger charge is -2.26. The fourth-order valence-electron chi connectivity index (χ4n) is 3.12. The molecule has 5 heteroatoms. The molecule has 0 bridgehead atoms. The molecule has 0 spiro atoms. The largest absolute Gasteiger partial charge is 0.508 e. The van der Waals surface area contributed by atoms with E-state index in [0.717, 1.165) is 11.1 Å². The molecule has 31 heavy (non-hydrogen) atoms. The molecule has 1 unspecified atom stereocenters. The van der Waals surface area contributed by atoms with Gasteiger partial charge in [-0.25, -0.2) is 4.79 Å². The molecule has 0 heterocycles. The fraction of sp³-hybridized carbons (Fsp3) is 0.269. The number of carbonyl (C=O) groups excluding carboxylic acids is 1. The van der Waals surface area contributed by atoms with Crippen molar-refractivity contribution in [2.45, 2.75) is 32.3 Å². The standard InChI is InChI=1S/C26H28O5/c1-18(29-4)17-30-23-13-5-19(6-14-23)25(28)31-24-15-9-21(10-16-24)26(2,3)20-7-11-22(27)12-8-20/h5-16,18,27H,17H2,1-4H3. The maximum absolute atomic E-state index is 12.5. The molecule has 3 aromatic carbocycles. The lowest BCUT2D eigenvalue weighted by molar-refractivity contribution is 0.0712. The van der Waals surface area contributed by atoms with Crippen LogP contribution in [0, 0.1) is 0 Å². The molecule has 0 radical (unpaired) electrons. The third-order valence-electron chi connectivity index (χ3n) is 5.35. The number of hydrogen-bond acceptors (Lipinski definition) is 5. The van der Waals surface area contributed by atoms with Crippen LogP contribution in [0.3, 0.4) is 0 Å². The van der Waals surface area contributed by atoms with E-state index in [-0.39, 0.29) is 17.3 Å². The second-order valence-corrected chi connectivity index (χ2v) is 7.97. The zero-order valence-corrected chi connectivity index (χ0v) is 18.3. The van der Waals surface area contributed by atoms with Crippen molar-refractivity contribution >= 4 is 5.97 Å². The van der Waals surface area contributed by atoms with Gasteiger partial charge in [-0.05, 0) is 66.6 Å². The molecule has 5 nitrogen and oxygen atoms in total. The first-order chi connectivity index (χ1) is 14.8. The monoisotopic (exact) mass is 420 g/mol. The summed E-state index contributed by atoms with van der Waals surface area (Å²) in [7, 11) is 1.63. The molecule has 3 aromatic rings. The number of rotatable bonds is 8. The Balaban J connectivity index is 1.64. The van der Waals surface area contributed by atoms with Gasteiger partial charge in [0.1, 0.15) is 23.9 Å². The summed E-state index contributed by atoms with van der Waals surface area (Å²) in [5, 5.41) is 9.52. The highest BCUT2D eigenvalue weighted by molar-refractivity contribution is 5.91. The lowest BCUT2D eigenvalue weighted by atomic mass is 9.78. The van der Waals surface area contributed by atoms with Gasteiger partial charge in [0.25, 0.3) is 0 Å². The van der Waals surface area contributed by atoms with Crippen LogP contribution in [0.15, 0.2) is 72.8 Å². The van der Waals surface area contributed by atoms with Crippen LogP contribution < -0.4 is 9.47 Å². The van der Waals surface area contributed by atoms with Crippen molar-refractivity contribution in [2.24, 2.45) is 0 Å². The molecule has 0 amide bonds. The van der Waals surface area contributed by atoms with E-state index < -0.39 is 5.97 Å². The van der Waals surface area contributed by atoms with Crippen LogP contribution in [0.2, 0.25) is 0 Å². The third-order valence-corrected chi connectivity index (χ3v) is 5.35. The molecule has 3 rings (SSSR count). The summed E-state index contributed by atoms with van der Waals surface area (Å²) in [6.45, 7) is 6.57. The van der Waals surface area contributed by atoms with Crippen molar-refractivity contribution in [1.29, 1.82) is 0 Å². The van der Waals surface area contributed by atoms with Crippen molar-refractivity contribution in [3.63, 3.8) is 0 Å². The van der Waals surface area contributed by atoms with E-state index in [4.69, 9.17) is 14.2 Å². The molecular formula is C26H28O5. The minimum atomic E-state index is -0.428. The number of carbonyl (C=O) groups is 1. The second kappa shape index (κ2) is 9.67. The Kier molecular flexibility index (Phi) is 6.98. The lowest BCUT2D eigenvalue weighted by Crippen LogP contribution is -2.18. The Morgan fingerprint density at radius 1 is 0.871 bits per heavy atom. The topological polar surface area (TPSA) is 65.0 Å². The number of esters is 1. The van der Waals surface area contributed by atoms with E-state index in [2.05, 4.69) is 13.8 Å². The Labute approximate surface area is 183 Å². The van der Waals surface area contributed by atoms with Crippen LogP contribution in [0.25, 0.3) is 0 Å². The average molecular weight is 421 g/mol. The summed E-state index contributed by atoms with van der Waals surface area (Å²) in [6, 6.07) is 21.5. The van der Waals surface area contributed by atoms with Gasteiger partial charge in [0.05, 0.1) is 11.7 Å². The molecule has 0 aliphatic carbocycles. The van der Waals surface area contributed by atoms with E-state index in [9.17, 15) is 9.90 Å². The van der Waals surface area contributed by atoms with Gasteiger partial charge in [0, 0.05) is 12.5 Å². The first-order valence-electron chi connectivity index (χ1n) is 10.2. The number of phenols is 1. The molecule has 0 saturated heterocycles. The predicted octanol–water partition coefficient (Wildman–Crippen LogP) is 5.35. The molecule has 0 fully saturated rings. The van der Waals surface area contributed by atoms with Gasteiger partial charge in [-0.2, -0.15) is 0 Å². The number of ether oxygens (including phenoxy) is 3. The van der Waals surface area contributed by atoms with Crippen LogP contribution in [0.5, 0.6) is 17.2 Å². The van der Waals surface area contributed by atoms with Gasteiger partial charge in [0.2, 0.25) is 0 Å². The average Bonchev–Trinajstić information content (AvgIpc) is 2.78. The summed E-state index contributed by atoms with van der Waals surface area (Å²) in [5.74, 6) is 0.957. The number of phenolic OH excluding ortho intramolecular Hbond substituents is 1. The van der Waals surface area contributed by atoms with Crippen LogP contribution >= 0.6 is 0 Å². The van der Waals surface area contributed by atoms with E-state index in [0.29, 0.717) is 23.7 Å². The zero-order chi connectivity index (χ0) is 22.4. The van der Waals surface area contributed by atoms with E-state index >= 15 is 0 Å². The van der Waals surface area contributed by atoms with Gasteiger partial charge in [-0.1, -0.05) is 38.1 Å². The highest BCUT2D eigenvalue weighted by Crippen LogP contribution is 2.33. The maximum atomic E-state index is 12.5. The molecule has 0 saturated carbocycles. The van der Waals surface area contributed by atoms with Gasteiger partial charge >= 0.3 is 5.97 Å².